The van der Waals surface area contributed by atoms with Crippen molar-refractivity contribution in [1.29, 1.82) is 0 Å². The Labute approximate surface area is 164 Å². The number of pyridine rings is 1. The molecule has 1 aromatic rings. The third-order valence-electron chi connectivity index (χ3n) is 3.36. The van der Waals surface area contributed by atoms with E-state index in [0.29, 0.717) is 17.2 Å². The van der Waals surface area contributed by atoms with Crippen LogP contribution in [-0.2, 0) is 23.8 Å². The highest BCUT2D eigenvalue weighted by Crippen LogP contribution is 2.37. The molecule has 0 aromatic carbocycles. The molecule has 0 radical (unpaired) electrons. The van der Waals surface area contributed by atoms with Crippen LogP contribution in [0.25, 0.3) is 0 Å². The Hall–Kier alpha value is -1.39. The molecule has 1 aliphatic rings. The zero-order valence-corrected chi connectivity index (χ0v) is 16.9. The van der Waals surface area contributed by atoms with Gasteiger partial charge in [-0.2, -0.15) is 0 Å². The van der Waals surface area contributed by atoms with E-state index in [9.17, 15) is 23.8 Å². The summed E-state index contributed by atoms with van der Waals surface area (Å²) in [5.41, 5.74) is 0. The minimum atomic E-state index is -3.56. The van der Waals surface area contributed by atoms with Crippen molar-refractivity contribution in [2.75, 3.05) is 18.5 Å². The summed E-state index contributed by atoms with van der Waals surface area (Å²) in [4.78, 5) is 53.0. The highest BCUT2D eigenvalue weighted by Gasteiger charge is 2.32. The molecule has 27 heavy (non-hydrogen) atoms. The third kappa shape index (κ3) is 8.02. The van der Waals surface area contributed by atoms with Crippen molar-refractivity contribution in [3.63, 3.8) is 0 Å². The smallest absolute Gasteiger partial charge is 0.333 e. The quantitative estimate of drug-likeness (QED) is 0.231. The highest BCUT2D eigenvalue weighted by atomic mass is 33.1. The number of hydroxylamine groups is 2. The summed E-state index contributed by atoms with van der Waals surface area (Å²) in [5.74, 6) is -1.26. The summed E-state index contributed by atoms with van der Waals surface area (Å²) >= 11 is 0. The number of carbonyl (C=O) groups excluding carboxylic acids is 3. The van der Waals surface area contributed by atoms with Gasteiger partial charge in [0.05, 0.1) is 6.42 Å². The van der Waals surface area contributed by atoms with Gasteiger partial charge in [-0.1, -0.05) is 16.9 Å². The van der Waals surface area contributed by atoms with Gasteiger partial charge >= 0.3 is 5.97 Å². The topological polar surface area (TPSA) is 126 Å². The van der Waals surface area contributed by atoms with Crippen molar-refractivity contribution in [3.05, 3.63) is 24.4 Å². The second kappa shape index (κ2) is 10.8. The van der Waals surface area contributed by atoms with Gasteiger partial charge in [-0.05, 0) is 29.3 Å². The van der Waals surface area contributed by atoms with Crippen LogP contribution in [0.4, 0.5) is 0 Å². The van der Waals surface area contributed by atoms with E-state index in [1.165, 1.54) is 10.8 Å². The van der Waals surface area contributed by atoms with Gasteiger partial charge in [0.15, 0.2) is 0 Å². The van der Waals surface area contributed by atoms with Crippen molar-refractivity contribution < 1.29 is 28.7 Å². The molecule has 1 saturated heterocycles. The molecule has 1 fully saturated rings. The molecular weight excluding hydrogens is 413 g/mol. The second-order valence-electron chi connectivity index (χ2n) is 5.56. The van der Waals surface area contributed by atoms with E-state index < -0.39 is 25.3 Å². The van der Waals surface area contributed by atoms with Crippen molar-refractivity contribution >= 4 is 46.9 Å². The molecule has 0 saturated carbocycles. The molecule has 0 bridgehead atoms. The molecule has 2 N–H and O–H groups in total. The lowest BCUT2D eigenvalue weighted by atomic mass is 10.4. The Morgan fingerprint density at radius 3 is 2.74 bits per heavy atom. The normalized spacial score (nSPS) is 16.4. The van der Waals surface area contributed by atoms with Gasteiger partial charge in [0.1, 0.15) is 5.03 Å². The molecule has 148 valence electrons. The van der Waals surface area contributed by atoms with Gasteiger partial charge in [0.2, 0.25) is 0 Å². The summed E-state index contributed by atoms with van der Waals surface area (Å²) in [5, 5.41) is 3.77. The first-order valence-electron chi connectivity index (χ1n) is 8.21. The van der Waals surface area contributed by atoms with Crippen molar-refractivity contribution in [3.8, 4) is 0 Å². The van der Waals surface area contributed by atoms with Crippen LogP contribution in [0.15, 0.2) is 29.4 Å². The van der Waals surface area contributed by atoms with Crippen molar-refractivity contribution in [2.45, 2.75) is 30.7 Å². The fourth-order valence-corrected chi connectivity index (χ4v) is 5.44. The van der Waals surface area contributed by atoms with Crippen LogP contribution in [0.2, 0.25) is 0 Å². The number of hydrogen-bond acceptors (Lipinski definition) is 8. The van der Waals surface area contributed by atoms with E-state index in [0.717, 1.165) is 5.03 Å². The summed E-state index contributed by atoms with van der Waals surface area (Å²) in [6.07, 6.45) is 2.11. The van der Waals surface area contributed by atoms with E-state index >= 15 is 0 Å². The molecule has 9 nitrogen and oxygen atoms in total. The minimum absolute atomic E-state index is 0.0207. The fraction of sp³-hybridized carbons (Fsp3) is 0.467. The van der Waals surface area contributed by atoms with E-state index in [2.05, 4.69) is 14.9 Å². The van der Waals surface area contributed by atoms with Crippen LogP contribution < -0.4 is 5.09 Å². The average molecular weight is 433 g/mol. The molecule has 2 heterocycles. The molecular formula is C15H20N3O6PS2. The molecule has 2 amide bonds. The maximum atomic E-state index is 12.0. The van der Waals surface area contributed by atoms with Gasteiger partial charge in [-0.3, -0.25) is 14.2 Å². The first-order chi connectivity index (χ1) is 12.9. The predicted molar refractivity (Wildman–Crippen MR) is 102 cm³/mol. The summed E-state index contributed by atoms with van der Waals surface area (Å²) in [6, 6.07) is 5.61. The van der Waals surface area contributed by atoms with Crippen LogP contribution >= 0.6 is 29.1 Å². The molecule has 2 rings (SSSR count). The first-order valence-corrected chi connectivity index (χ1v) is 12.4. The fourth-order valence-electron chi connectivity index (χ4n) is 2.05. The van der Waals surface area contributed by atoms with Gasteiger partial charge in [0.25, 0.3) is 19.3 Å². The summed E-state index contributed by atoms with van der Waals surface area (Å²) in [7, 11) is -0.519. The minimum Gasteiger partial charge on any atom is -0.333 e. The van der Waals surface area contributed by atoms with E-state index in [1.54, 1.807) is 17.0 Å². The van der Waals surface area contributed by atoms with E-state index in [4.69, 9.17) is 0 Å². The van der Waals surface area contributed by atoms with Crippen LogP contribution in [0.5, 0.6) is 0 Å². The van der Waals surface area contributed by atoms with Gasteiger partial charge in [-0.25, -0.2) is 14.9 Å². The average Bonchev–Trinajstić information content (AvgIpc) is 2.94. The molecule has 0 spiro atoms. The number of nitrogens with zero attached hydrogens (tertiary/aromatic N) is 2. The zero-order chi connectivity index (χ0) is 19.7. The summed E-state index contributed by atoms with van der Waals surface area (Å²) in [6.45, 7) is -0.0847. The second-order valence-corrected chi connectivity index (χ2v) is 10.2. The molecule has 12 heteroatoms. The maximum Gasteiger partial charge on any atom is 0.334 e. The number of amides is 2. The Kier molecular flexibility index (Phi) is 8.78. The largest absolute Gasteiger partial charge is 0.334 e. The van der Waals surface area contributed by atoms with Crippen LogP contribution in [-0.4, -0.2) is 51.2 Å². The van der Waals surface area contributed by atoms with Crippen LogP contribution in [0.3, 0.4) is 0 Å². The number of imide groups is 1. The van der Waals surface area contributed by atoms with Crippen molar-refractivity contribution in [2.24, 2.45) is 0 Å². The Morgan fingerprint density at radius 2 is 2.07 bits per heavy atom. The first kappa shape index (κ1) is 21.9. The predicted octanol–water partition coefficient (Wildman–Crippen LogP) is 1.98. The Morgan fingerprint density at radius 1 is 1.33 bits per heavy atom. The van der Waals surface area contributed by atoms with Crippen LogP contribution in [0, 0.1) is 0 Å². The standard InChI is InChI=1S/C15H20N3O6PS2/c19-13-5-6-14(20)18(13)24-15(21)7-9-17-25(22,23)10-3-11-26-27-12-4-1-2-8-16-12/h1-2,4,8H,3,5-7,9-11H2,(H2,17,22,23). The molecule has 1 atom stereocenters. The van der Waals surface area contributed by atoms with E-state index in [-0.39, 0.29) is 32.0 Å². The molecule has 1 aliphatic heterocycles. The SMILES string of the molecule is O=C(CCNP(=O)(O)CCCSSc1ccccn1)ON1C(=O)CCC1=O. The number of hydrogen-bond donors (Lipinski definition) is 2. The lowest BCUT2D eigenvalue weighted by Crippen LogP contribution is -2.33. The highest BCUT2D eigenvalue weighted by molar-refractivity contribution is 8.76. The number of carbonyl (C=O) groups is 3. The number of aromatic nitrogens is 1. The summed E-state index contributed by atoms with van der Waals surface area (Å²) < 4.78 is 12.0. The number of nitrogens with one attached hydrogen (secondary N) is 1. The van der Waals surface area contributed by atoms with Crippen LogP contribution in [0.1, 0.15) is 25.7 Å². The Bertz CT molecular complexity index is 705. The van der Waals surface area contributed by atoms with Gasteiger partial charge < -0.3 is 9.73 Å². The number of rotatable bonds is 11. The monoisotopic (exact) mass is 433 g/mol. The molecule has 0 aliphatic carbocycles. The zero-order valence-electron chi connectivity index (χ0n) is 14.4. The van der Waals surface area contributed by atoms with E-state index in [1.807, 2.05) is 18.2 Å². The molecule has 1 aromatic heterocycles. The lowest BCUT2D eigenvalue weighted by molar-refractivity contribution is -0.197. The maximum absolute atomic E-state index is 12.0. The molecule has 1 unspecified atom stereocenters. The van der Waals surface area contributed by atoms with Gasteiger partial charge in [0, 0.05) is 37.5 Å². The third-order valence-corrected chi connectivity index (χ3v) is 7.35. The lowest BCUT2D eigenvalue weighted by Gasteiger charge is -2.14. The Balaban J connectivity index is 1.57. The van der Waals surface area contributed by atoms with Crippen molar-refractivity contribution in [1.82, 2.24) is 15.1 Å². The van der Waals surface area contributed by atoms with Gasteiger partial charge in [-0.15, -0.1) is 5.06 Å².